The number of halogens is 1. The van der Waals surface area contributed by atoms with Gasteiger partial charge in [0.05, 0.1) is 5.57 Å². The van der Waals surface area contributed by atoms with Gasteiger partial charge >= 0.3 is 0 Å². The molecule has 4 heteroatoms. The molecule has 0 fully saturated rings. The highest BCUT2D eigenvalue weighted by atomic mass is 35.5. The Hall–Kier alpha value is -1.61. The average Bonchev–Trinajstić information content (AvgIpc) is 2.52. The van der Waals surface area contributed by atoms with Gasteiger partial charge in [-0.2, -0.15) is 0 Å². The standard InChI is InChI=1S/C14H14ClNO2/c1-8(2)16-13(17)11(12(15)14(16)18)10-6-4-9(3)5-7-10/h4-8H,1-3H3. The predicted molar refractivity (Wildman–Crippen MR) is 70.9 cm³/mol. The van der Waals surface area contributed by atoms with Crippen molar-refractivity contribution in [2.45, 2.75) is 26.8 Å². The number of hydrogen-bond acceptors (Lipinski definition) is 2. The molecule has 1 aliphatic rings. The van der Waals surface area contributed by atoms with Gasteiger partial charge in [-0.05, 0) is 26.3 Å². The first-order valence-corrected chi connectivity index (χ1v) is 6.16. The molecule has 0 saturated heterocycles. The van der Waals surface area contributed by atoms with Gasteiger partial charge in [0.1, 0.15) is 5.03 Å². The second-order valence-corrected chi connectivity index (χ2v) is 5.01. The molecule has 1 aliphatic heterocycles. The fourth-order valence-corrected chi connectivity index (χ4v) is 2.24. The molecular formula is C14H14ClNO2. The van der Waals surface area contributed by atoms with E-state index in [-0.39, 0.29) is 17.0 Å². The maximum atomic E-state index is 12.2. The summed E-state index contributed by atoms with van der Waals surface area (Å²) in [6.07, 6.45) is 0. The number of carbonyl (C=O) groups is 2. The minimum atomic E-state index is -0.410. The van der Waals surface area contributed by atoms with Crippen LogP contribution in [-0.4, -0.2) is 22.8 Å². The summed E-state index contributed by atoms with van der Waals surface area (Å²) in [6.45, 7) is 5.54. The van der Waals surface area contributed by atoms with E-state index >= 15 is 0 Å². The number of hydrogen-bond donors (Lipinski definition) is 0. The van der Waals surface area contributed by atoms with Gasteiger partial charge < -0.3 is 0 Å². The molecule has 0 radical (unpaired) electrons. The van der Waals surface area contributed by atoms with Gasteiger partial charge in [0.15, 0.2) is 0 Å². The largest absolute Gasteiger partial charge is 0.273 e. The predicted octanol–water partition coefficient (Wildman–Crippen LogP) is 2.72. The van der Waals surface area contributed by atoms with Gasteiger partial charge in [0, 0.05) is 6.04 Å². The van der Waals surface area contributed by atoms with Crippen molar-refractivity contribution in [3.05, 3.63) is 40.4 Å². The van der Waals surface area contributed by atoms with Crippen molar-refractivity contribution in [1.82, 2.24) is 4.90 Å². The van der Waals surface area contributed by atoms with Crippen LogP contribution in [0.1, 0.15) is 25.0 Å². The Bertz CT molecular complexity index is 543. The Labute approximate surface area is 111 Å². The number of benzene rings is 1. The first kappa shape index (κ1) is 12.8. The van der Waals surface area contributed by atoms with Crippen LogP contribution in [0.25, 0.3) is 5.57 Å². The number of nitrogens with zero attached hydrogens (tertiary/aromatic N) is 1. The second kappa shape index (κ2) is 4.58. The second-order valence-electron chi connectivity index (χ2n) is 4.63. The van der Waals surface area contributed by atoms with Crippen molar-refractivity contribution in [1.29, 1.82) is 0 Å². The van der Waals surface area contributed by atoms with Crippen LogP contribution in [0.5, 0.6) is 0 Å². The monoisotopic (exact) mass is 263 g/mol. The van der Waals surface area contributed by atoms with Gasteiger partial charge in [-0.15, -0.1) is 0 Å². The molecule has 0 N–H and O–H groups in total. The number of amides is 2. The molecule has 0 atom stereocenters. The molecule has 18 heavy (non-hydrogen) atoms. The van der Waals surface area contributed by atoms with E-state index in [0.717, 1.165) is 5.56 Å². The summed E-state index contributed by atoms with van der Waals surface area (Å²) in [5.74, 6) is -0.726. The highest BCUT2D eigenvalue weighted by Crippen LogP contribution is 2.32. The Morgan fingerprint density at radius 2 is 1.61 bits per heavy atom. The minimum Gasteiger partial charge on any atom is -0.271 e. The number of carbonyl (C=O) groups excluding carboxylic acids is 2. The molecule has 0 saturated carbocycles. The molecule has 1 aromatic carbocycles. The summed E-state index contributed by atoms with van der Waals surface area (Å²) >= 11 is 6.00. The van der Waals surface area contributed by atoms with Crippen LogP contribution in [0.2, 0.25) is 0 Å². The van der Waals surface area contributed by atoms with Crippen LogP contribution in [0.4, 0.5) is 0 Å². The fraction of sp³-hybridized carbons (Fsp3) is 0.286. The smallest absolute Gasteiger partial charge is 0.271 e. The third-order valence-electron chi connectivity index (χ3n) is 2.92. The summed E-state index contributed by atoms with van der Waals surface area (Å²) in [5.41, 5.74) is 2.08. The lowest BCUT2D eigenvalue weighted by Gasteiger charge is -2.18. The van der Waals surface area contributed by atoms with Gasteiger partial charge in [0.25, 0.3) is 11.8 Å². The maximum Gasteiger partial charge on any atom is 0.273 e. The topological polar surface area (TPSA) is 37.4 Å². The lowest BCUT2D eigenvalue weighted by atomic mass is 10.0. The Balaban J connectivity index is 2.48. The molecule has 0 spiro atoms. The van der Waals surface area contributed by atoms with Gasteiger partial charge in [-0.3, -0.25) is 14.5 Å². The minimum absolute atomic E-state index is 0.0116. The number of rotatable bonds is 2. The lowest BCUT2D eigenvalue weighted by Crippen LogP contribution is -2.37. The van der Waals surface area contributed by atoms with Crippen LogP contribution in [0, 0.1) is 6.92 Å². The molecule has 0 aromatic heterocycles. The highest BCUT2D eigenvalue weighted by Gasteiger charge is 2.39. The molecule has 0 unspecified atom stereocenters. The molecule has 3 nitrogen and oxygen atoms in total. The molecule has 2 rings (SSSR count). The molecule has 1 heterocycles. The van der Waals surface area contributed by atoms with Gasteiger partial charge in [-0.1, -0.05) is 41.4 Å². The van der Waals surface area contributed by atoms with Crippen molar-refractivity contribution < 1.29 is 9.59 Å². The molecular weight excluding hydrogens is 250 g/mol. The van der Waals surface area contributed by atoms with E-state index in [4.69, 9.17) is 11.6 Å². The van der Waals surface area contributed by atoms with E-state index in [1.54, 1.807) is 13.8 Å². The quantitative estimate of drug-likeness (QED) is 0.770. The van der Waals surface area contributed by atoms with E-state index in [0.29, 0.717) is 11.1 Å². The van der Waals surface area contributed by atoms with Gasteiger partial charge in [-0.25, -0.2) is 0 Å². The highest BCUT2D eigenvalue weighted by molar-refractivity contribution is 6.55. The van der Waals surface area contributed by atoms with E-state index < -0.39 is 5.91 Å². The zero-order valence-electron chi connectivity index (χ0n) is 10.5. The third kappa shape index (κ3) is 1.95. The first-order chi connectivity index (χ1) is 8.43. The normalized spacial score (nSPS) is 16.2. The summed E-state index contributed by atoms with van der Waals surface area (Å²) in [7, 11) is 0. The fourth-order valence-electron chi connectivity index (χ4n) is 1.96. The molecule has 1 aromatic rings. The van der Waals surface area contributed by atoms with Crippen molar-refractivity contribution in [3.63, 3.8) is 0 Å². The summed E-state index contributed by atoms with van der Waals surface area (Å²) in [4.78, 5) is 25.3. The van der Waals surface area contributed by atoms with Crippen LogP contribution < -0.4 is 0 Å². The average molecular weight is 264 g/mol. The summed E-state index contributed by atoms with van der Waals surface area (Å²) in [5, 5.41) is 0.0116. The van der Waals surface area contributed by atoms with Crippen molar-refractivity contribution >= 4 is 29.0 Å². The summed E-state index contributed by atoms with van der Waals surface area (Å²) < 4.78 is 0. The molecule has 94 valence electrons. The van der Waals surface area contributed by atoms with Crippen molar-refractivity contribution in [2.24, 2.45) is 0 Å². The zero-order chi connectivity index (χ0) is 13.4. The van der Waals surface area contributed by atoms with E-state index in [2.05, 4.69) is 0 Å². The molecule has 2 amide bonds. The SMILES string of the molecule is Cc1ccc(C2=C(Cl)C(=O)N(C(C)C)C2=O)cc1. The number of aryl methyl sites for hydroxylation is 1. The third-order valence-corrected chi connectivity index (χ3v) is 3.27. The Morgan fingerprint density at radius 1 is 1.06 bits per heavy atom. The lowest BCUT2D eigenvalue weighted by molar-refractivity contribution is -0.138. The first-order valence-electron chi connectivity index (χ1n) is 5.78. The van der Waals surface area contributed by atoms with Crippen molar-refractivity contribution in [2.75, 3.05) is 0 Å². The zero-order valence-corrected chi connectivity index (χ0v) is 11.3. The van der Waals surface area contributed by atoms with Crippen molar-refractivity contribution in [3.8, 4) is 0 Å². The Kier molecular flexibility index (Phi) is 3.26. The molecule has 0 bridgehead atoms. The van der Waals surface area contributed by atoms with E-state index in [9.17, 15) is 9.59 Å². The van der Waals surface area contributed by atoms with Crippen LogP contribution in [0.15, 0.2) is 29.3 Å². The Morgan fingerprint density at radius 3 is 2.06 bits per heavy atom. The molecule has 0 aliphatic carbocycles. The maximum absolute atomic E-state index is 12.2. The van der Waals surface area contributed by atoms with Gasteiger partial charge in [0.2, 0.25) is 0 Å². The van der Waals surface area contributed by atoms with Crippen LogP contribution >= 0.6 is 11.6 Å². The van der Waals surface area contributed by atoms with Crippen LogP contribution in [0.3, 0.4) is 0 Å². The van der Waals surface area contributed by atoms with E-state index in [1.165, 1.54) is 4.90 Å². The number of imide groups is 1. The van der Waals surface area contributed by atoms with E-state index in [1.807, 2.05) is 31.2 Å². The summed E-state index contributed by atoms with van der Waals surface area (Å²) in [6, 6.07) is 7.20. The van der Waals surface area contributed by atoms with Crippen LogP contribution in [-0.2, 0) is 9.59 Å².